The van der Waals surface area contributed by atoms with Gasteiger partial charge in [0.1, 0.15) is 6.04 Å². The van der Waals surface area contributed by atoms with E-state index >= 15 is 0 Å². The molecule has 3 nitrogen and oxygen atoms in total. The lowest BCUT2D eigenvalue weighted by Crippen LogP contribution is -2.27. The first-order valence-electron chi connectivity index (χ1n) is 5.75. The Morgan fingerprint density at radius 1 is 1.15 bits per heavy atom. The zero-order chi connectivity index (χ0) is 14.7. The van der Waals surface area contributed by atoms with E-state index in [1.54, 1.807) is 24.3 Å². The number of carbonyl (C=O) groups is 1. The van der Waals surface area contributed by atoms with Crippen molar-refractivity contribution in [2.75, 3.05) is 5.32 Å². The van der Waals surface area contributed by atoms with Crippen molar-refractivity contribution < 1.29 is 4.79 Å². The predicted octanol–water partition coefficient (Wildman–Crippen LogP) is 4.39. The molecule has 0 fully saturated rings. The van der Waals surface area contributed by atoms with E-state index in [0.717, 1.165) is 4.47 Å². The molecule has 0 unspecified atom stereocenters. The van der Waals surface area contributed by atoms with Crippen molar-refractivity contribution in [3.63, 3.8) is 0 Å². The van der Waals surface area contributed by atoms with Crippen LogP contribution in [-0.4, -0.2) is 5.91 Å². The maximum Gasteiger partial charge on any atom is 0.245 e. The molecule has 20 heavy (non-hydrogen) atoms. The molecule has 1 amide bonds. The third kappa shape index (κ3) is 3.52. The van der Waals surface area contributed by atoms with Gasteiger partial charge in [-0.1, -0.05) is 69.5 Å². The molecule has 0 spiro atoms. The highest BCUT2D eigenvalue weighted by molar-refractivity contribution is 9.10. The number of anilines is 1. The Morgan fingerprint density at radius 3 is 2.25 bits per heavy atom. The number of halogens is 3. The summed E-state index contributed by atoms with van der Waals surface area (Å²) in [6, 6.07) is 11.6. The molecule has 104 valence electrons. The second kappa shape index (κ2) is 6.59. The van der Waals surface area contributed by atoms with Gasteiger partial charge in [-0.15, -0.1) is 0 Å². The molecule has 1 atom stereocenters. The summed E-state index contributed by atoms with van der Waals surface area (Å²) in [6.07, 6.45) is 0. The molecule has 0 aliphatic heterocycles. The standard InChI is InChI=1S/C14H11BrCl2N2O/c15-9-6-10(16)13(11(17)7-9)19-14(20)12(18)8-4-2-1-3-5-8/h1-7,12H,18H2,(H,19,20)/t12-/m0/s1. The smallest absolute Gasteiger partial charge is 0.245 e. The van der Waals surface area contributed by atoms with Gasteiger partial charge in [0.2, 0.25) is 5.91 Å². The molecule has 2 rings (SSSR count). The molecule has 0 aromatic heterocycles. The summed E-state index contributed by atoms with van der Waals surface area (Å²) in [4.78, 5) is 12.1. The summed E-state index contributed by atoms with van der Waals surface area (Å²) in [5, 5.41) is 3.35. The van der Waals surface area contributed by atoms with Crippen molar-refractivity contribution in [1.82, 2.24) is 0 Å². The monoisotopic (exact) mass is 372 g/mol. The van der Waals surface area contributed by atoms with Crippen molar-refractivity contribution in [2.24, 2.45) is 5.73 Å². The average molecular weight is 374 g/mol. The van der Waals surface area contributed by atoms with E-state index in [1.165, 1.54) is 0 Å². The van der Waals surface area contributed by atoms with Crippen LogP contribution < -0.4 is 11.1 Å². The number of nitrogens with one attached hydrogen (secondary N) is 1. The number of hydrogen-bond donors (Lipinski definition) is 2. The maximum absolute atomic E-state index is 12.1. The van der Waals surface area contributed by atoms with Crippen LogP contribution in [0.5, 0.6) is 0 Å². The Morgan fingerprint density at radius 2 is 1.70 bits per heavy atom. The third-order valence-electron chi connectivity index (χ3n) is 2.70. The van der Waals surface area contributed by atoms with E-state index in [1.807, 2.05) is 18.2 Å². The Kier molecular flexibility index (Phi) is 5.05. The molecular weight excluding hydrogens is 363 g/mol. The van der Waals surface area contributed by atoms with Gasteiger partial charge in [0.25, 0.3) is 0 Å². The van der Waals surface area contributed by atoms with Gasteiger partial charge in [0.05, 0.1) is 15.7 Å². The molecule has 6 heteroatoms. The summed E-state index contributed by atoms with van der Waals surface area (Å²) in [5.41, 5.74) is 6.98. The van der Waals surface area contributed by atoms with Crippen molar-refractivity contribution in [2.45, 2.75) is 6.04 Å². The van der Waals surface area contributed by atoms with Crippen molar-refractivity contribution >= 4 is 50.7 Å². The summed E-state index contributed by atoms with van der Waals surface area (Å²) >= 11 is 15.4. The van der Waals surface area contributed by atoms with Crippen LogP contribution in [0.15, 0.2) is 46.9 Å². The fourth-order valence-electron chi connectivity index (χ4n) is 1.67. The van der Waals surface area contributed by atoms with E-state index < -0.39 is 6.04 Å². The van der Waals surface area contributed by atoms with Gasteiger partial charge >= 0.3 is 0 Å². The Hall–Kier alpha value is -1.07. The van der Waals surface area contributed by atoms with Gasteiger partial charge < -0.3 is 11.1 Å². The molecule has 2 aromatic rings. The van der Waals surface area contributed by atoms with Crippen LogP contribution in [0, 0.1) is 0 Å². The molecule has 0 aliphatic carbocycles. The van der Waals surface area contributed by atoms with Crippen molar-refractivity contribution in [3.8, 4) is 0 Å². The highest BCUT2D eigenvalue weighted by Gasteiger charge is 2.18. The van der Waals surface area contributed by atoms with Gasteiger partial charge in [-0.05, 0) is 17.7 Å². The number of amides is 1. The number of hydrogen-bond acceptors (Lipinski definition) is 2. The molecule has 0 aliphatic rings. The average Bonchev–Trinajstić information content (AvgIpc) is 2.42. The maximum atomic E-state index is 12.1. The Balaban J connectivity index is 2.20. The van der Waals surface area contributed by atoms with Gasteiger partial charge in [-0.2, -0.15) is 0 Å². The first-order valence-corrected chi connectivity index (χ1v) is 7.30. The van der Waals surface area contributed by atoms with Crippen LogP contribution in [0.1, 0.15) is 11.6 Å². The number of carbonyl (C=O) groups excluding carboxylic acids is 1. The molecule has 0 radical (unpaired) electrons. The summed E-state index contributed by atoms with van der Waals surface area (Å²) in [7, 11) is 0. The molecule has 0 saturated carbocycles. The van der Waals surface area contributed by atoms with Gasteiger partial charge in [0.15, 0.2) is 0 Å². The van der Waals surface area contributed by atoms with Crippen LogP contribution in [0.25, 0.3) is 0 Å². The second-order valence-corrected chi connectivity index (χ2v) is 5.85. The van der Waals surface area contributed by atoms with E-state index in [4.69, 9.17) is 28.9 Å². The number of rotatable bonds is 3. The molecule has 3 N–H and O–H groups in total. The zero-order valence-electron chi connectivity index (χ0n) is 10.2. The van der Waals surface area contributed by atoms with Crippen molar-refractivity contribution in [3.05, 3.63) is 62.5 Å². The third-order valence-corrected chi connectivity index (χ3v) is 3.75. The lowest BCUT2D eigenvalue weighted by molar-refractivity contribution is -0.117. The lowest BCUT2D eigenvalue weighted by atomic mass is 10.1. The highest BCUT2D eigenvalue weighted by atomic mass is 79.9. The molecular formula is C14H11BrCl2N2O. The largest absolute Gasteiger partial charge is 0.322 e. The fraction of sp³-hybridized carbons (Fsp3) is 0.0714. The van der Waals surface area contributed by atoms with Gasteiger partial charge in [-0.3, -0.25) is 4.79 Å². The van der Waals surface area contributed by atoms with Crippen LogP contribution in [-0.2, 0) is 4.79 Å². The molecule has 0 heterocycles. The predicted molar refractivity (Wildman–Crippen MR) is 86.2 cm³/mol. The van der Waals surface area contributed by atoms with E-state index in [2.05, 4.69) is 21.2 Å². The van der Waals surface area contributed by atoms with E-state index in [-0.39, 0.29) is 5.91 Å². The minimum Gasteiger partial charge on any atom is -0.322 e. The van der Waals surface area contributed by atoms with Crippen LogP contribution >= 0.6 is 39.1 Å². The summed E-state index contributed by atoms with van der Waals surface area (Å²) < 4.78 is 0.734. The molecule has 0 bridgehead atoms. The summed E-state index contributed by atoms with van der Waals surface area (Å²) in [6.45, 7) is 0. The first-order chi connectivity index (χ1) is 9.49. The molecule has 2 aromatic carbocycles. The van der Waals surface area contributed by atoms with Crippen LogP contribution in [0.4, 0.5) is 5.69 Å². The van der Waals surface area contributed by atoms with Gasteiger partial charge in [0, 0.05) is 4.47 Å². The fourth-order valence-corrected chi connectivity index (χ4v) is 2.98. The van der Waals surface area contributed by atoms with Gasteiger partial charge in [-0.25, -0.2) is 0 Å². The quantitative estimate of drug-likeness (QED) is 0.837. The minimum atomic E-state index is -0.785. The van der Waals surface area contributed by atoms with Crippen LogP contribution in [0.3, 0.4) is 0 Å². The summed E-state index contributed by atoms with van der Waals surface area (Å²) in [5.74, 6) is -0.373. The van der Waals surface area contributed by atoms with E-state index in [0.29, 0.717) is 21.3 Å². The van der Waals surface area contributed by atoms with E-state index in [9.17, 15) is 4.79 Å². The normalized spacial score (nSPS) is 12.0. The Bertz CT molecular complexity index is 611. The Labute approximate surface area is 135 Å². The highest BCUT2D eigenvalue weighted by Crippen LogP contribution is 2.34. The second-order valence-electron chi connectivity index (χ2n) is 4.12. The first kappa shape index (κ1) is 15.3. The molecule has 0 saturated heterocycles. The lowest BCUT2D eigenvalue weighted by Gasteiger charge is -2.14. The minimum absolute atomic E-state index is 0.345. The number of nitrogens with two attached hydrogens (primary N) is 1. The van der Waals surface area contributed by atoms with Crippen molar-refractivity contribution in [1.29, 1.82) is 0 Å². The zero-order valence-corrected chi connectivity index (χ0v) is 13.3. The number of benzene rings is 2. The SMILES string of the molecule is N[C@H](C(=O)Nc1c(Cl)cc(Br)cc1Cl)c1ccccc1. The topological polar surface area (TPSA) is 55.1 Å². The van der Waals surface area contributed by atoms with Crippen LogP contribution in [0.2, 0.25) is 10.0 Å².